The molecule has 0 saturated heterocycles. The van der Waals surface area contributed by atoms with Crippen LogP contribution in [0.3, 0.4) is 0 Å². The summed E-state index contributed by atoms with van der Waals surface area (Å²) in [5.41, 5.74) is 8.41. The zero-order valence-electron chi connectivity index (χ0n) is 24.1. The van der Waals surface area contributed by atoms with E-state index in [1.807, 2.05) is 0 Å². The molecule has 2 heterocycles. The molecule has 1 aliphatic heterocycles. The standard InChI is InChI=1S/C33H32FN3O6/c1-4-42-32(39)27-22(19-10-8-12-21(16-19)41-3)17-25-28(30(27)38)26(20-11-9-15-36-18-20)29(33(40)43-5-2)31(35)37(25)24-14-7-6-13-23(24)34/h6-16,18,22,26-27H,4-5,17,35H2,1-3H3. The van der Waals surface area contributed by atoms with Gasteiger partial charge in [-0.15, -0.1) is 0 Å². The van der Waals surface area contributed by atoms with Gasteiger partial charge in [0.05, 0.1) is 37.5 Å². The second-order valence-corrected chi connectivity index (χ2v) is 10.1. The smallest absolute Gasteiger partial charge is 0.338 e. The number of carbonyl (C=O) groups is 3. The van der Waals surface area contributed by atoms with Gasteiger partial charge in [0.15, 0.2) is 5.78 Å². The predicted octanol–water partition coefficient (Wildman–Crippen LogP) is 4.76. The van der Waals surface area contributed by atoms with Gasteiger partial charge in [-0.05, 0) is 61.7 Å². The lowest BCUT2D eigenvalue weighted by Crippen LogP contribution is -2.46. The molecular formula is C33H32FN3O6. The number of methoxy groups -OCH3 is 1. The third-order valence-electron chi connectivity index (χ3n) is 7.71. The van der Waals surface area contributed by atoms with Gasteiger partial charge < -0.3 is 19.9 Å². The van der Waals surface area contributed by atoms with Crippen molar-refractivity contribution in [2.45, 2.75) is 32.1 Å². The minimum absolute atomic E-state index is 0.0400. The number of allylic oxidation sites excluding steroid dienone is 2. The number of hydrogen-bond acceptors (Lipinski definition) is 9. The SMILES string of the molecule is CCOC(=O)C1=C(N)N(c2ccccc2F)C2=C(C(=O)C(C(=O)OCC)C(c3cccc(OC)c3)C2)C1c1cccnc1. The molecule has 2 aliphatic rings. The minimum atomic E-state index is -1.25. The zero-order valence-corrected chi connectivity index (χ0v) is 24.1. The molecule has 3 atom stereocenters. The number of para-hydroxylation sites is 1. The number of hydrogen-bond donors (Lipinski definition) is 1. The lowest BCUT2D eigenvalue weighted by molar-refractivity contribution is -0.152. The van der Waals surface area contributed by atoms with Crippen molar-refractivity contribution in [3.63, 3.8) is 0 Å². The first-order chi connectivity index (χ1) is 20.8. The van der Waals surface area contributed by atoms with Crippen LogP contribution in [0.25, 0.3) is 0 Å². The van der Waals surface area contributed by atoms with E-state index < -0.39 is 41.3 Å². The number of halogens is 1. The number of esters is 2. The van der Waals surface area contributed by atoms with Crippen molar-refractivity contribution >= 4 is 23.4 Å². The molecule has 0 saturated carbocycles. The Morgan fingerprint density at radius 2 is 1.77 bits per heavy atom. The number of carbonyl (C=O) groups excluding carboxylic acids is 3. The van der Waals surface area contributed by atoms with E-state index in [-0.39, 0.29) is 42.3 Å². The number of anilines is 1. The first-order valence-electron chi connectivity index (χ1n) is 14.0. The Kier molecular flexibility index (Phi) is 8.56. The number of pyridine rings is 1. The van der Waals surface area contributed by atoms with Gasteiger partial charge in [0, 0.05) is 29.6 Å². The van der Waals surface area contributed by atoms with Crippen LogP contribution < -0.4 is 15.4 Å². The summed E-state index contributed by atoms with van der Waals surface area (Å²) < 4.78 is 31.7. The minimum Gasteiger partial charge on any atom is -0.497 e. The van der Waals surface area contributed by atoms with Crippen LogP contribution in [0.5, 0.6) is 5.75 Å². The van der Waals surface area contributed by atoms with Crippen LogP contribution >= 0.6 is 0 Å². The molecule has 10 heteroatoms. The molecule has 0 radical (unpaired) electrons. The highest BCUT2D eigenvalue weighted by molar-refractivity contribution is 6.14. The van der Waals surface area contributed by atoms with Crippen molar-refractivity contribution in [3.05, 3.63) is 113 Å². The van der Waals surface area contributed by atoms with Crippen LogP contribution in [0.4, 0.5) is 10.1 Å². The van der Waals surface area contributed by atoms with Crippen molar-refractivity contribution in [2.75, 3.05) is 25.2 Å². The third kappa shape index (κ3) is 5.36. The number of ether oxygens (including phenoxy) is 3. The summed E-state index contributed by atoms with van der Waals surface area (Å²) in [5.74, 6) is -5.16. The highest BCUT2D eigenvalue weighted by Gasteiger charge is 2.51. The van der Waals surface area contributed by atoms with Crippen molar-refractivity contribution in [1.82, 2.24) is 4.98 Å². The maximum atomic E-state index is 15.5. The van der Waals surface area contributed by atoms with Crippen LogP contribution in [-0.2, 0) is 23.9 Å². The number of ketones is 1. The number of rotatable bonds is 8. The fraction of sp³-hybridized carbons (Fsp3) is 0.273. The van der Waals surface area contributed by atoms with Gasteiger partial charge in [0.2, 0.25) is 0 Å². The number of benzene rings is 2. The van der Waals surface area contributed by atoms with Gasteiger partial charge in [-0.25, -0.2) is 9.18 Å². The molecule has 2 aromatic carbocycles. The Morgan fingerprint density at radius 1 is 1.02 bits per heavy atom. The van der Waals surface area contributed by atoms with E-state index in [9.17, 15) is 14.4 Å². The van der Waals surface area contributed by atoms with E-state index in [0.717, 1.165) is 0 Å². The van der Waals surface area contributed by atoms with E-state index in [0.29, 0.717) is 22.6 Å². The normalized spacial score (nSPS) is 20.0. The fourth-order valence-corrected chi connectivity index (χ4v) is 5.91. The highest BCUT2D eigenvalue weighted by atomic mass is 19.1. The van der Waals surface area contributed by atoms with E-state index in [2.05, 4.69) is 4.98 Å². The Bertz CT molecular complexity index is 1620. The molecule has 1 aromatic heterocycles. The molecule has 1 aliphatic carbocycles. The van der Waals surface area contributed by atoms with Crippen LogP contribution in [0.1, 0.15) is 43.2 Å². The Hall–Kier alpha value is -4.99. The molecule has 0 spiro atoms. The van der Waals surface area contributed by atoms with E-state index in [1.54, 1.807) is 62.5 Å². The first kappa shape index (κ1) is 29.5. The second-order valence-electron chi connectivity index (χ2n) is 10.1. The van der Waals surface area contributed by atoms with Crippen molar-refractivity contribution < 1.29 is 33.0 Å². The highest BCUT2D eigenvalue weighted by Crippen LogP contribution is 2.52. The number of aromatic nitrogens is 1. The van der Waals surface area contributed by atoms with Crippen molar-refractivity contribution in [1.29, 1.82) is 0 Å². The van der Waals surface area contributed by atoms with Gasteiger partial charge in [-0.3, -0.25) is 19.5 Å². The van der Waals surface area contributed by atoms with Gasteiger partial charge in [0.1, 0.15) is 23.3 Å². The lowest BCUT2D eigenvalue weighted by Gasteiger charge is -2.44. The topological polar surface area (TPSA) is 121 Å². The van der Waals surface area contributed by atoms with Gasteiger partial charge in [-0.1, -0.05) is 30.3 Å². The molecule has 2 N–H and O–H groups in total. The van der Waals surface area contributed by atoms with Crippen LogP contribution in [0, 0.1) is 11.7 Å². The van der Waals surface area contributed by atoms with Gasteiger partial charge in [0.25, 0.3) is 0 Å². The van der Waals surface area contributed by atoms with Crippen molar-refractivity contribution in [3.8, 4) is 5.75 Å². The summed E-state index contributed by atoms with van der Waals surface area (Å²) in [6, 6.07) is 16.4. The Balaban J connectivity index is 1.83. The molecule has 3 unspecified atom stereocenters. The third-order valence-corrected chi connectivity index (χ3v) is 7.71. The monoisotopic (exact) mass is 585 g/mol. The summed E-state index contributed by atoms with van der Waals surface area (Å²) in [4.78, 5) is 47.5. The number of Topliss-reactive ketones (excluding diaryl/α,β-unsaturated/α-hetero) is 1. The predicted molar refractivity (Wildman–Crippen MR) is 156 cm³/mol. The van der Waals surface area contributed by atoms with Crippen molar-refractivity contribution in [2.24, 2.45) is 11.7 Å². The molecule has 0 bridgehead atoms. The Labute approximate surface area is 248 Å². The van der Waals surface area contributed by atoms with E-state index in [4.69, 9.17) is 19.9 Å². The molecule has 0 amide bonds. The summed E-state index contributed by atoms with van der Waals surface area (Å²) in [6.45, 7) is 3.42. The van der Waals surface area contributed by atoms with Crippen LogP contribution in [0.15, 0.2) is 95.7 Å². The maximum Gasteiger partial charge on any atom is 0.338 e. The molecule has 9 nitrogen and oxygen atoms in total. The zero-order chi connectivity index (χ0) is 30.7. The van der Waals surface area contributed by atoms with Gasteiger partial charge >= 0.3 is 11.9 Å². The molecule has 3 aromatic rings. The molecule has 43 heavy (non-hydrogen) atoms. The molecular weight excluding hydrogens is 553 g/mol. The summed E-state index contributed by atoms with van der Waals surface area (Å²) >= 11 is 0. The van der Waals surface area contributed by atoms with Crippen LogP contribution in [0.2, 0.25) is 0 Å². The van der Waals surface area contributed by atoms with Gasteiger partial charge in [-0.2, -0.15) is 0 Å². The van der Waals surface area contributed by atoms with E-state index >= 15 is 4.39 Å². The summed E-state index contributed by atoms with van der Waals surface area (Å²) in [5, 5.41) is 0. The molecule has 0 fully saturated rings. The second kappa shape index (κ2) is 12.5. The van der Waals surface area contributed by atoms with E-state index in [1.165, 1.54) is 36.4 Å². The summed E-state index contributed by atoms with van der Waals surface area (Å²) in [7, 11) is 1.52. The Morgan fingerprint density at radius 3 is 2.44 bits per heavy atom. The quantitative estimate of drug-likeness (QED) is 0.295. The number of nitrogens with two attached hydrogens (primary N) is 1. The first-order valence-corrected chi connectivity index (χ1v) is 14.0. The van der Waals surface area contributed by atoms with Crippen LogP contribution in [-0.4, -0.2) is 43.0 Å². The molecule has 5 rings (SSSR count). The average Bonchev–Trinajstić information content (AvgIpc) is 3.01. The summed E-state index contributed by atoms with van der Waals surface area (Å²) in [6.07, 6.45) is 3.19. The largest absolute Gasteiger partial charge is 0.497 e. The fourth-order valence-electron chi connectivity index (χ4n) is 5.91. The number of nitrogens with zero attached hydrogens (tertiary/aromatic N) is 2. The molecule has 222 valence electrons. The lowest BCUT2D eigenvalue weighted by atomic mass is 9.67. The average molecular weight is 586 g/mol. The maximum absolute atomic E-state index is 15.5.